The highest BCUT2D eigenvalue weighted by atomic mass is 35.5. The van der Waals surface area contributed by atoms with E-state index in [9.17, 15) is 18.0 Å². The molecule has 8 nitrogen and oxygen atoms in total. The SMILES string of the molecule is COc1ccc(Cl)cc1S(=O)(=O)NCC1NC(=O)NC1=O. The van der Waals surface area contributed by atoms with Gasteiger partial charge in [-0.1, -0.05) is 11.6 Å². The van der Waals surface area contributed by atoms with Gasteiger partial charge < -0.3 is 10.1 Å². The van der Waals surface area contributed by atoms with Crippen molar-refractivity contribution in [3.63, 3.8) is 0 Å². The smallest absolute Gasteiger partial charge is 0.322 e. The van der Waals surface area contributed by atoms with E-state index in [0.29, 0.717) is 0 Å². The Bertz CT molecular complexity index is 691. The molecule has 1 saturated heterocycles. The maximum atomic E-state index is 12.2. The number of sulfonamides is 1. The van der Waals surface area contributed by atoms with Gasteiger partial charge in [-0.25, -0.2) is 17.9 Å². The van der Waals surface area contributed by atoms with E-state index in [2.05, 4.69) is 10.0 Å². The maximum Gasteiger partial charge on any atom is 0.322 e. The molecular formula is C11H12ClN3O5S. The normalized spacial score (nSPS) is 18.3. The van der Waals surface area contributed by atoms with Gasteiger partial charge in [0.25, 0.3) is 5.91 Å². The topological polar surface area (TPSA) is 114 Å². The fourth-order valence-corrected chi connectivity index (χ4v) is 3.21. The van der Waals surface area contributed by atoms with Gasteiger partial charge in [-0.15, -0.1) is 0 Å². The molecule has 1 aliphatic heterocycles. The van der Waals surface area contributed by atoms with Crippen LogP contribution in [0.3, 0.4) is 0 Å². The first-order chi connectivity index (χ1) is 9.83. The van der Waals surface area contributed by atoms with E-state index in [1.54, 1.807) is 0 Å². The summed E-state index contributed by atoms with van der Waals surface area (Å²) in [6.07, 6.45) is 0. The highest BCUT2D eigenvalue weighted by Gasteiger charge is 2.31. The van der Waals surface area contributed by atoms with E-state index in [1.165, 1.54) is 25.3 Å². The summed E-state index contributed by atoms with van der Waals surface area (Å²) in [6, 6.07) is 2.52. The van der Waals surface area contributed by atoms with Crippen molar-refractivity contribution in [2.45, 2.75) is 10.9 Å². The molecule has 0 saturated carbocycles. The van der Waals surface area contributed by atoms with E-state index < -0.39 is 28.0 Å². The van der Waals surface area contributed by atoms with Crippen LogP contribution in [0.2, 0.25) is 5.02 Å². The Morgan fingerprint density at radius 3 is 2.67 bits per heavy atom. The number of urea groups is 1. The van der Waals surface area contributed by atoms with E-state index in [4.69, 9.17) is 16.3 Å². The Balaban J connectivity index is 2.17. The predicted molar refractivity (Wildman–Crippen MR) is 73.7 cm³/mol. The molecule has 0 aliphatic carbocycles. The fraction of sp³-hybridized carbons (Fsp3) is 0.273. The number of carbonyl (C=O) groups excluding carboxylic acids is 2. The number of nitrogens with one attached hydrogen (secondary N) is 3. The number of imide groups is 1. The number of methoxy groups -OCH3 is 1. The molecule has 1 unspecified atom stereocenters. The van der Waals surface area contributed by atoms with E-state index in [1.807, 2.05) is 5.32 Å². The average Bonchev–Trinajstić information content (AvgIpc) is 2.75. The number of benzene rings is 1. The summed E-state index contributed by atoms with van der Waals surface area (Å²) >= 11 is 5.78. The lowest BCUT2D eigenvalue weighted by Crippen LogP contribution is -2.41. The molecule has 0 bridgehead atoms. The van der Waals surface area contributed by atoms with Crippen molar-refractivity contribution < 1.29 is 22.7 Å². The van der Waals surface area contributed by atoms with Gasteiger partial charge in [-0.3, -0.25) is 10.1 Å². The van der Waals surface area contributed by atoms with Crippen molar-refractivity contribution in [1.82, 2.24) is 15.4 Å². The number of ether oxygens (including phenoxy) is 1. The highest BCUT2D eigenvalue weighted by Crippen LogP contribution is 2.26. The quantitative estimate of drug-likeness (QED) is 0.648. The van der Waals surface area contributed by atoms with Crippen LogP contribution in [-0.2, 0) is 14.8 Å². The van der Waals surface area contributed by atoms with Gasteiger partial charge in [0.15, 0.2) is 0 Å². The number of halogens is 1. The van der Waals surface area contributed by atoms with Crippen molar-refractivity contribution in [3.8, 4) is 5.75 Å². The van der Waals surface area contributed by atoms with Crippen molar-refractivity contribution in [1.29, 1.82) is 0 Å². The Morgan fingerprint density at radius 1 is 1.38 bits per heavy atom. The number of rotatable bonds is 5. The first kappa shape index (κ1) is 15.5. The van der Waals surface area contributed by atoms with Crippen LogP contribution >= 0.6 is 11.6 Å². The maximum absolute atomic E-state index is 12.2. The number of hydrogen-bond donors (Lipinski definition) is 3. The van der Waals surface area contributed by atoms with Crippen LogP contribution < -0.4 is 20.1 Å². The monoisotopic (exact) mass is 333 g/mol. The number of hydrogen-bond acceptors (Lipinski definition) is 5. The third-order valence-electron chi connectivity index (χ3n) is 2.75. The summed E-state index contributed by atoms with van der Waals surface area (Å²) in [5, 5.41) is 4.51. The van der Waals surface area contributed by atoms with Gasteiger partial charge in [-0.05, 0) is 18.2 Å². The molecule has 1 aliphatic rings. The minimum absolute atomic E-state index is 0.117. The third-order valence-corrected chi connectivity index (χ3v) is 4.43. The zero-order chi connectivity index (χ0) is 15.6. The summed E-state index contributed by atoms with van der Waals surface area (Å²) in [7, 11) is -2.62. The molecule has 21 heavy (non-hydrogen) atoms. The predicted octanol–water partition coefficient (Wildman–Crippen LogP) is -0.165. The highest BCUT2D eigenvalue weighted by molar-refractivity contribution is 7.89. The van der Waals surface area contributed by atoms with Crippen LogP contribution in [0.5, 0.6) is 5.75 Å². The molecule has 0 radical (unpaired) electrons. The minimum Gasteiger partial charge on any atom is -0.495 e. The van der Waals surface area contributed by atoms with E-state index in [-0.39, 0.29) is 22.2 Å². The summed E-state index contributed by atoms with van der Waals surface area (Å²) < 4.78 is 31.6. The molecule has 1 atom stereocenters. The molecule has 2 rings (SSSR count). The Hall–Kier alpha value is -1.84. The van der Waals surface area contributed by atoms with Crippen LogP contribution in [-0.4, -0.2) is 40.1 Å². The second-order valence-corrected chi connectivity index (χ2v) is 6.33. The van der Waals surface area contributed by atoms with Crippen LogP contribution in [0.25, 0.3) is 0 Å². The summed E-state index contributed by atoms with van der Waals surface area (Å²) in [5.41, 5.74) is 0. The van der Waals surface area contributed by atoms with Crippen molar-refractivity contribution in [2.24, 2.45) is 0 Å². The minimum atomic E-state index is -3.94. The van der Waals surface area contributed by atoms with Gasteiger partial charge in [0, 0.05) is 11.6 Å². The molecule has 0 spiro atoms. The van der Waals surface area contributed by atoms with Crippen molar-refractivity contribution in [3.05, 3.63) is 23.2 Å². The summed E-state index contributed by atoms with van der Waals surface area (Å²) in [4.78, 5) is 22.1. The Morgan fingerprint density at radius 2 is 2.10 bits per heavy atom. The molecule has 1 aromatic rings. The largest absolute Gasteiger partial charge is 0.495 e. The second kappa shape index (κ2) is 5.88. The van der Waals surface area contributed by atoms with Crippen molar-refractivity contribution >= 4 is 33.6 Å². The third kappa shape index (κ3) is 3.43. The van der Waals surface area contributed by atoms with E-state index >= 15 is 0 Å². The van der Waals surface area contributed by atoms with E-state index in [0.717, 1.165) is 0 Å². The fourth-order valence-electron chi connectivity index (χ4n) is 1.73. The molecule has 1 aromatic carbocycles. The molecule has 3 amide bonds. The zero-order valence-corrected chi connectivity index (χ0v) is 12.4. The Kier molecular flexibility index (Phi) is 4.35. The summed E-state index contributed by atoms with van der Waals surface area (Å²) in [6.45, 7) is -0.282. The second-order valence-electron chi connectivity index (χ2n) is 4.16. The van der Waals surface area contributed by atoms with Crippen LogP contribution in [0.1, 0.15) is 0 Å². The van der Waals surface area contributed by atoms with Crippen LogP contribution in [0, 0.1) is 0 Å². The first-order valence-corrected chi connectivity index (χ1v) is 7.64. The first-order valence-electron chi connectivity index (χ1n) is 5.78. The lowest BCUT2D eigenvalue weighted by molar-refractivity contribution is -0.120. The Labute approximate surface area is 125 Å². The molecule has 114 valence electrons. The summed E-state index contributed by atoms with van der Waals surface area (Å²) in [5.74, 6) is -0.479. The molecular weight excluding hydrogens is 322 g/mol. The van der Waals surface area contributed by atoms with Gasteiger partial charge in [0.05, 0.1) is 7.11 Å². The van der Waals surface area contributed by atoms with Gasteiger partial charge in [0.2, 0.25) is 10.0 Å². The molecule has 1 heterocycles. The standard InChI is InChI=1S/C11H12ClN3O5S/c1-20-8-3-2-6(12)4-9(8)21(18,19)13-5-7-10(16)15-11(17)14-7/h2-4,7,13H,5H2,1H3,(H2,14,15,16,17). The lowest BCUT2D eigenvalue weighted by Gasteiger charge is -2.12. The van der Waals surface area contributed by atoms with Crippen LogP contribution in [0.15, 0.2) is 23.1 Å². The van der Waals surface area contributed by atoms with Gasteiger partial charge in [0.1, 0.15) is 16.7 Å². The number of amides is 3. The van der Waals surface area contributed by atoms with Gasteiger partial charge in [-0.2, -0.15) is 0 Å². The molecule has 3 N–H and O–H groups in total. The van der Waals surface area contributed by atoms with Crippen LogP contribution in [0.4, 0.5) is 4.79 Å². The zero-order valence-electron chi connectivity index (χ0n) is 10.8. The molecule has 0 aromatic heterocycles. The lowest BCUT2D eigenvalue weighted by atomic mass is 10.3. The molecule has 1 fully saturated rings. The van der Waals surface area contributed by atoms with Gasteiger partial charge >= 0.3 is 6.03 Å². The number of carbonyl (C=O) groups is 2. The molecule has 10 heteroatoms. The average molecular weight is 334 g/mol. The van der Waals surface area contributed by atoms with Crippen molar-refractivity contribution in [2.75, 3.05) is 13.7 Å².